The maximum atomic E-state index is 12.0. The van der Waals surface area contributed by atoms with Crippen molar-refractivity contribution < 1.29 is 24.7 Å². The molecule has 640 valence electrons. The Morgan fingerprint density at radius 1 is 0.237 bits per heavy atom. The number of benzene rings is 20. The Labute approximate surface area is 815 Å². The molecule has 6 heteroatoms. The second-order valence-corrected chi connectivity index (χ2v) is 37.3. The van der Waals surface area contributed by atoms with Crippen molar-refractivity contribution in [2.45, 2.75) is 57.8 Å². The molecule has 0 saturated heterocycles. The van der Waals surface area contributed by atoms with Gasteiger partial charge < -0.3 is 23.8 Å². The van der Waals surface area contributed by atoms with Crippen molar-refractivity contribution in [1.29, 1.82) is 0 Å². The van der Waals surface area contributed by atoms with Crippen LogP contribution in [0.25, 0.3) is 133 Å². The molecule has 0 amide bonds. The van der Waals surface area contributed by atoms with E-state index in [-0.39, 0.29) is 72.8 Å². The molecular weight excluding hydrogens is 1630 g/mol. The molecule has 2 aromatic heterocycles. The van der Waals surface area contributed by atoms with Gasteiger partial charge in [0.25, 0.3) is 6.71 Å². The van der Waals surface area contributed by atoms with Crippen molar-refractivity contribution in [1.82, 2.24) is 9.13 Å². The van der Waals surface area contributed by atoms with E-state index in [4.69, 9.17) is 0 Å². The average Bonchev–Trinajstić information content (AvgIpc) is 1.66. The summed E-state index contributed by atoms with van der Waals surface area (Å²) in [5.74, 6) is 0. The van der Waals surface area contributed by atoms with Crippen molar-refractivity contribution in [3.05, 3.63) is 506 Å². The second kappa shape index (κ2) is 31.9. The Bertz CT molecular complexity index is 9260. The average molecular weight is 1750 g/mol. The lowest BCUT2D eigenvalue weighted by Gasteiger charge is -2.47. The quantitative estimate of drug-likeness (QED) is 0.101. The topological polar surface area (TPSA) is 19.6 Å². The summed E-state index contributed by atoms with van der Waals surface area (Å²) in [4.78, 5) is 6.82. The fourth-order valence-corrected chi connectivity index (χ4v) is 21.3. The van der Waals surface area contributed by atoms with Crippen LogP contribution in [-0.4, -0.2) is 15.8 Å². The monoisotopic (exact) mass is 1740 g/mol. The van der Waals surface area contributed by atoms with Crippen molar-refractivity contribution in [3.63, 3.8) is 0 Å². The molecule has 0 unspecified atom stereocenters. The van der Waals surface area contributed by atoms with Crippen LogP contribution in [0.15, 0.2) is 473 Å². The molecule has 0 N–H and O–H groups in total. The van der Waals surface area contributed by atoms with Gasteiger partial charge in [0.05, 0.1) is 74.9 Å². The van der Waals surface area contributed by atoms with Crippen molar-refractivity contribution in [2.75, 3.05) is 14.7 Å². The molecule has 0 atom stereocenters. The van der Waals surface area contributed by atoms with Crippen molar-refractivity contribution in [3.8, 4) is 89.3 Å². The van der Waals surface area contributed by atoms with Gasteiger partial charge in [-0.05, 0) is 244 Å². The summed E-state index contributed by atoms with van der Waals surface area (Å²) >= 11 is 0. The SMILES string of the molecule is [2H]c1cc(-n2c3c([2H])c([2H])c([2H])c([2H])c3c3c([2H])c([2H])c([2H])c([2H])c32)cc2c1B1c3c([2H])cc(-n4c5c([2H])c([2H])c([2H])c([2H])c5c5c([2H])c([2H])c([2H])c([2H])c54)cc3N(c3c(-c4cccc(-c5ccccc5)c4)cc(C(C)(C)C)cc3-c3cccc(-c4ccccc4)c3)c3cc(-c4ccc5c(c4)C(c4ccccc4)(c4ccccc4)c4ccccc4N5c4ccccc4)cc(c31)N2c1c(-c2ccccc2)cc(C(C)(C)C)cc1-c1ccccc1. The first-order valence-electron chi connectivity index (χ1n) is 54.8. The molecule has 0 fully saturated rings. The smallest absolute Gasteiger partial charge is 0.252 e. The highest BCUT2D eigenvalue weighted by molar-refractivity contribution is 7.00. The van der Waals surface area contributed by atoms with E-state index >= 15 is 0 Å². The zero-order chi connectivity index (χ0) is 106. The number of nitrogens with zero attached hydrogens (tertiary/aromatic N) is 5. The van der Waals surface area contributed by atoms with Gasteiger partial charge in [-0.3, -0.25) is 0 Å². The molecule has 0 aliphatic carbocycles. The summed E-state index contributed by atoms with van der Waals surface area (Å²) in [6, 6.07) is 115. The lowest BCUT2D eigenvalue weighted by atomic mass is 9.33. The van der Waals surface area contributed by atoms with E-state index in [1.165, 1.54) is 9.13 Å². The van der Waals surface area contributed by atoms with Gasteiger partial charge in [0, 0.05) is 83.6 Å². The highest BCUT2D eigenvalue weighted by Crippen LogP contribution is 2.61. The van der Waals surface area contributed by atoms with E-state index in [9.17, 15) is 24.7 Å². The number of rotatable bonds is 14. The van der Waals surface area contributed by atoms with Gasteiger partial charge in [0.15, 0.2) is 0 Å². The summed E-state index contributed by atoms with van der Waals surface area (Å²) in [5.41, 5.74) is 20.4. The fourth-order valence-electron chi connectivity index (χ4n) is 21.3. The van der Waals surface area contributed by atoms with E-state index in [1.807, 2.05) is 103 Å². The molecule has 20 aromatic carbocycles. The van der Waals surface area contributed by atoms with Crippen LogP contribution in [0.1, 0.15) is 99.6 Å². The molecule has 25 rings (SSSR count). The summed E-state index contributed by atoms with van der Waals surface area (Å²) in [7, 11) is 0. The first kappa shape index (κ1) is 63.5. The van der Waals surface area contributed by atoms with Gasteiger partial charge in [-0.2, -0.15) is 0 Å². The molecule has 3 aliphatic rings. The lowest BCUT2D eigenvalue weighted by molar-refractivity contribution is 0.590. The zero-order valence-electron chi connectivity index (χ0n) is 93.0. The molecule has 0 radical (unpaired) electrons. The number of aromatic nitrogens is 2. The maximum Gasteiger partial charge on any atom is 0.252 e. The van der Waals surface area contributed by atoms with E-state index in [2.05, 4.69) is 305 Å². The summed E-state index contributed by atoms with van der Waals surface area (Å²) in [6.07, 6.45) is 0. The minimum Gasteiger partial charge on any atom is -0.310 e. The Hall–Kier alpha value is -16.5. The largest absolute Gasteiger partial charge is 0.310 e. The number of para-hydroxylation sites is 6. The first-order chi connectivity index (χ1) is 73.7. The van der Waals surface area contributed by atoms with E-state index in [1.54, 1.807) is 12.1 Å². The third-order valence-corrected chi connectivity index (χ3v) is 27.5. The third-order valence-electron chi connectivity index (χ3n) is 27.5. The number of fused-ring (bicyclic) bond motifs is 12. The molecule has 3 aliphatic heterocycles. The summed E-state index contributed by atoms with van der Waals surface area (Å²) < 4.78 is 184. The van der Waals surface area contributed by atoms with E-state index < -0.39 is 120 Å². The minimum absolute atomic E-state index is 0.0554. The van der Waals surface area contributed by atoms with Crippen LogP contribution in [0.5, 0.6) is 0 Å². The first-order valence-corrected chi connectivity index (χ1v) is 45.8. The number of anilines is 9. The zero-order valence-corrected chi connectivity index (χ0v) is 75.0. The number of hydrogen-bond donors (Lipinski definition) is 0. The molecule has 0 bridgehead atoms. The third kappa shape index (κ3) is 13.1. The fraction of sp³-hybridized carbons (Fsp3) is 0.0698. The van der Waals surface area contributed by atoms with Crippen LogP contribution in [0, 0.1) is 0 Å². The molecule has 0 spiro atoms. The minimum atomic E-state index is -1.30. The molecular formula is C129H96BN5. The van der Waals surface area contributed by atoms with Gasteiger partial charge in [-0.1, -0.05) is 387 Å². The predicted molar refractivity (Wildman–Crippen MR) is 571 cm³/mol. The maximum absolute atomic E-state index is 12.0. The van der Waals surface area contributed by atoms with Crippen LogP contribution in [-0.2, 0) is 16.2 Å². The Morgan fingerprint density at radius 2 is 0.578 bits per heavy atom. The van der Waals surface area contributed by atoms with Gasteiger partial charge in [0.2, 0.25) is 0 Å². The highest BCUT2D eigenvalue weighted by Gasteiger charge is 2.50. The molecule has 5 heterocycles. The van der Waals surface area contributed by atoms with Crippen LogP contribution >= 0.6 is 0 Å². The second-order valence-electron chi connectivity index (χ2n) is 37.3. The van der Waals surface area contributed by atoms with Crippen LogP contribution in [0.4, 0.5) is 51.2 Å². The Morgan fingerprint density at radius 3 is 0.993 bits per heavy atom. The summed E-state index contributed by atoms with van der Waals surface area (Å²) in [5, 5.41) is -0.725. The van der Waals surface area contributed by atoms with Gasteiger partial charge in [0.1, 0.15) is 0 Å². The van der Waals surface area contributed by atoms with Crippen LogP contribution in [0.2, 0.25) is 0 Å². The molecule has 22 aromatic rings. The van der Waals surface area contributed by atoms with Crippen molar-refractivity contribution in [2.24, 2.45) is 0 Å². The van der Waals surface area contributed by atoms with E-state index in [0.29, 0.717) is 67.1 Å². The predicted octanol–water partition coefficient (Wildman–Crippen LogP) is 32.4. The van der Waals surface area contributed by atoms with Gasteiger partial charge in [-0.25, -0.2) is 0 Å². The van der Waals surface area contributed by atoms with E-state index in [0.717, 1.165) is 106 Å². The van der Waals surface area contributed by atoms with Crippen LogP contribution in [0.3, 0.4) is 0 Å². The molecule has 0 saturated carbocycles. The summed E-state index contributed by atoms with van der Waals surface area (Å²) in [6.45, 7) is 11.8. The number of hydrogen-bond acceptors (Lipinski definition) is 3. The molecule has 5 nitrogen and oxygen atoms in total. The van der Waals surface area contributed by atoms with Gasteiger partial charge in [-0.15, -0.1) is 0 Å². The van der Waals surface area contributed by atoms with Gasteiger partial charge >= 0.3 is 0 Å². The van der Waals surface area contributed by atoms with Crippen molar-refractivity contribution >= 4 is 118 Å². The Kier molecular flexibility index (Phi) is 15.0. The normalized spacial score (nSPS) is 15.0. The highest BCUT2D eigenvalue weighted by atomic mass is 15.2. The van der Waals surface area contributed by atoms with Crippen LogP contribution < -0.4 is 31.1 Å². The molecule has 135 heavy (non-hydrogen) atoms. The standard InChI is InChI=1S/C129H96BN5/c1-127(2,3)97-79-106(87-44-18-9-19-45-87)125(107(80-97)88-46-20-10-21-47-88)134-120-83-100(132-114-63-33-28-58-102(114)103-59-29-34-64-115(103)132)69-71-112(120)130-113-72-70-101(133-116-65-35-30-60-104(116)105-61-31-36-66-117(105)133)84-121(113)135(126-108(92-50-38-48-89(74-92)85-40-14-7-15-41-85)81-98(128(4,5)6)82-109(126)93-51-39-49-90(75-93)86-42-16-8-17-43-86)123-78-94(77-122(134)124(123)130)91-68-73-119-111(76-91)129(95-52-22-11-23-53-95,96-54-24-12-25-55-96)110-62-32-37-67-118(110)131(119)99-56-26-13-27-57-99/h7-84H,1-6H3/i28D,29D,30D,31D,33D,34D,35D,36D,58D,59D,60D,61D,63D,64D,65D,66D,71D,72D. The lowest BCUT2D eigenvalue weighted by Crippen LogP contribution is -2.61. The Balaban J connectivity index is 0.937.